The Morgan fingerprint density at radius 3 is 2.76 bits per heavy atom. The zero-order valence-corrected chi connectivity index (χ0v) is 13.7. The van der Waals surface area contributed by atoms with Crippen molar-refractivity contribution in [3.05, 3.63) is 23.5 Å². The summed E-state index contributed by atoms with van der Waals surface area (Å²) in [7, 11) is 0. The van der Waals surface area contributed by atoms with Crippen LogP contribution < -0.4 is 0 Å². The van der Waals surface area contributed by atoms with E-state index in [1.165, 1.54) is 36.9 Å². The minimum absolute atomic E-state index is 0.219. The molecule has 21 heavy (non-hydrogen) atoms. The molecule has 1 aromatic heterocycles. The molecule has 116 valence electrons. The molecular formula is C19H29NO. The van der Waals surface area contributed by atoms with Crippen LogP contribution >= 0.6 is 0 Å². The Morgan fingerprint density at radius 2 is 2.10 bits per heavy atom. The van der Waals surface area contributed by atoms with Gasteiger partial charge in [-0.05, 0) is 68.3 Å². The van der Waals surface area contributed by atoms with Crippen LogP contribution in [0.3, 0.4) is 0 Å². The van der Waals surface area contributed by atoms with Gasteiger partial charge in [0.15, 0.2) is 0 Å². The van der Waals surface area contributed by atoms with Crippen LogP contribution in [0.4, 0.5) is 0 Å². The monoisotopic (exact) mass is 287 g/mol. The second-order valence-electron chi connectivity index (χ2n) is 8.77. The van der Waals surface area contributed by atoms with Crippen molar-refractivity contribution in [2.24, 2.45) is 23.2 Å². The first-order valence-electron chi connectivity index (χ1n) is 8.82. The highest BCUT2D eigenvalue weighted by Crippen LogP contribution is 2.53. The molecular weight excluding hydrogens is 258 g/mol. The van der Waals surface area contributed by atoms with E-state index >= 15 is 0 Å². The van der Waals surface area contributed by atoms with E-state index in [9.17, 15) is 5.11 Å². The maximum atomic E-state index is 10.4. The molecule has 2 fully saturated rings. The van der Waals surface area contributed by atoms with Gasteiger partial charge in [0.1, 0.15) is 0 Å². The summed E-state index contributed by atoms with van der Waals surface area (Å²) in [6, 6.07) is 2.78. The van der Waals surface area contributed by atoms with E-state index in [0.29, 0.717) is 6.04 Å². The van der Waals surface area contributed by atoms with Crippen LogP contribution in [0.25, 0.3) is 0 Å². The van der Waals surface area contributed by atoms with Crippen LogP contribution in [-0.2, 0) is 6.42 Å². The van der Waals surface area contributed by atoms with Gasteiger partial charge in [0, 0.05) is 23.5 Å². The molecule has 5 unspecified atom stereocenters. The van der Waals surface area contributed by atoms with Crippen molar-refractivity contribution in [3.63, 3.8) is 0 Å². The summed E-state index contributed by atoms with van der Waals surface area (Å²) >= 11 is 0. The van der Waals surface area contributed by atoms with E-state index in [2.05, 4.69) is 37.6 Å². The second kappa shape index (κ2) is 4.62. The van der Waals surface area contributed by atoms with Crippen molar-refractivity contribution in [2.45, 2.75) is 71.4 Å². The standard InChI is InChI=1S/C19H29NO/c1-12(16-9-13-4-5-14(16)8-13)20-7-6-15-17(20)10-19(2,3)11-18(15)21/h6-7,12-14,16,18,21H,4-5,8-11H2,1-3H3. The topological polar surface area (TPSA) is 25.2 Å². The van der Waals surface area contributed by atoms with Crippen LogP contribution in [0.5, 0.6) is 0 Å². The van der Waals surface area contributed by atoms with Gasteiger partial charge in [-0.15, -0.1) is 0 Å². The third kappa shape index (κ3) is 2.18. The van der Waals surface area contributed by atoms with Crippen molar-refractivity contribution in [1.29, 1.82) is 0 Å². The summed E-state index contributed by atoms with van der Waals surface area (Å²) < 4.78 is 2.52. The Labute approximate surface area is 128 Å². The number of nitrogens with zero attached hydrogens (tertiary/aromatic N) is 1. The summed E-state index contributed by atoms with van der Waals surface area (Å²) in [5.41, 5.74) is 2.83. The van der Waals surface area contributed by atoms with Gasteiger partial charge in [0.25, 0.3) is 0 Å². The van der Waals surface area contributed by atoms with Crippen LogP contribution in [0.1, 0.15) is 76.3 Å². The molecule has 0 amide bonds. The maximum Gasteiger partial charge on any atom is 0.0812 e. The third-order valence-corrected chi connectivity index (χ3v) is 6.66. The van der Waals surface area contributed by atoms with E-state index in [1.807, 2.05) is 0 Å². The SMILES string of the molecule is CC(C1CC2CCC1C2)n1ccc2c1CC(C)(C)CC2O. The third-order valence-electron chi connectivity index (χ3n) is 6.66. The molecule has 2 nitrogen and oxygen atoms in total. The molecule has 3 aliphatic carbocycles. The molecule has 2 heteroatoms. The molecule has 0 aliphatic heterocycles. The number of fused-ring (bicyclic) bond motifs is 3. The molecule has 1 heterocycles. The lowest BCUT2D eigenvalue weighted by atomic mass is 9.75. The fourth-order valence-corrected chi connectivity index (χ4v) is 5.62. The van der Waals surface area contributed by atoms with Crippen molar-refractivity contribution >= 4 is 0 Å². The van der Waals surface area contributed by atoms with E-state index < -0.39 is 0 Å². The molecule has 2 saturated carbocycles. The summed E-state index contributed by atoms with van der Waals surface area (Å²) in [5.74, 6) is 2.84. The van der Waals surface area contributed by atoms with Crippen molar-refractivity contribution in [3.8, 4) is 0 Å². The second-order valence-corrected chi connectivity index (χ2v) is 8.77. The summed E-state index contributed by atoms with van der Waals surface area (Å²) in [5, 5.41) is 10.4. The number of aliphatic hydroxyl groups is 1. The van der Waals surface area contributed by atoms with E-state index in [4.69, 9.17) is 0 Å². The van der Waals surface area contributed by atoms with E-state index in [-0.39, 0.29) is 11.5 Å². The molecule has 4 rings (SSSR count). The number of rotatable bonds is 2. The fourth-order valence-electron chi connectivity index (χ4n) is 5.62. The molecule has 0 saturated heterocycles. The lowest BCUT2D eigenvalue weighted by molar-refractivity contribution is 0.0964. The van der Waals surface area contributed by atoms with Crippen molar-refractivity contribution in [2.75, 3.05) is 0 Å². The highest BCUT2D eigenvalue weighted by atomic mass is 16.3. The first kappa shape index (κ1) is 13.9. The number of aromatic nitrogens is 1. The van der Waals surface area contributed by atoms with Gasteiger partial charge in [-0.1, -0.05) is 20.3 Å². The lowest BCUT2D eigenvalue weighted by Crippen LogP contribution is -2.29. The summed E-state index contributed by atoms with van der Waals surface area (Å²) in [4.78, 5) is 0. The van der Waals surface area contributed by atoms with Gasteiger partial charge >= 0.3 is 0 Å². The molecule has 0 aromatic carbocycles. The summed E-state index contributed by atoms with van der Waals surface area (Å²) in [6.45, 7) is 7.00. The van der Waals surface area contributed by atoms with Crippen molar-refractivity contribution < 1.29 is 5.11 Å². The zero-order valence-electron chi connectivity index (χ0n) is 13.7. The Hall–Kier alpha value is -0.760. The van der Waals surface area contributed by atoms with Crippen LogP contribution in [-0.4, -0.2) is 9.67 Å². The quantitative estimate of drug-likeness (QED) is 0.851. The molecule has 1 N–H and O–H groups in total. The van der Waals surface area contributed by atoms with Crippen LogP contribution in [0, 0.1) is 23.2 Å². The Morgan fingerprint density at radius 1 is 1.29 bits per heavy atom. The van der Waals surface area contributed by atoms with Gasteiger partial charge in [-0.3, -0.25) is 0 Å². The Balaban J connectivity index is 1.64. The maximum absolute atomic E-state index is 10.4. The predicted molar refractivity (Wildman–Crippen MR) is 85.1 cm³/mol. The Bertz CT molecular complexity index is 544. The average molecular weight is 287 g/mol. The van der Waals surface area contributed by atoms with Crippen LogP contribution in [0.2, 0.25) is 0 Å². The number of hydrogen-bond donors (Lipinski definition) is 1. The highest BCUT2D eigenvalue weighted by Gasteiger charge is 2.43. The smallest absolute Gasteiger partial charge is 0.0812 e. The summed E-state index contributed by atoms with van der Waals surface area (Å²) in [6.07, 6.45) is 9.84. The molecule has 1 aromatic rings. The van der Waals surface area contributed by atoms with Crippen LogP contribution in [0.15, 0.2) is 12.3 Å². The molecule has 5 atom stereocenters. The normalized spacial score (nSPS) is 38.5. The Kier molecular flexibility index (Phi) is 3.05. The molecule has 0 radical (unpaired) electrons. The van der Waals surface area contributed by atoms with Gasteiger partial charge in [-0.2, -0.15) is 0 Å². The van der Waals surface area contributed by atoms with Gasteiger partial charge in [0.05, 0.1) is 6.10 Å². The lowest BCUT2D eigenvalue weighted by Gasteiger charge is -2.36. The highest BCUT2D eigenvalue weighted by molar-refractivity contribution is 5.30. The zero-order chi connectivity index (χ0) is 14.8. The fraction of sp³-hybridized carbons (Fsp3) is 0.789. The predicted octanol–water partition coefficient (Wildman–Crippen LogP) is 4.49. The average Bonchev–Trinajstić information content (AvgIpc) is 3.10. The minimum Gasteiger partial charge on any atom is -0.388 e. The number of hydrogen-bond acceptors (Lipinski definition) is 1. The number of aliphatic hydroxyl groups excluding tert-OH is 1. The minimum atomic E-state index is -0.266. The van der Waals surface area contributed by atoms with E-state index in [0.717, 1.165) is 30.6 Å². The van der Waals surface area contributed by atoms with E-state index in [1.54, 1.807) is 0 Å². The first-order chi connectivity index (χ1) is 9.94. The first-order valence-corrected chi connectivity index (χ1v) is 8.82. The van der Waals surface area contributed by atoms with Gasteiger partial charge in [-0.25, -0.2) is 0 Å². The largest absolute Gasteiger partial charge is 0.388 e. The van der Waals surface area contributed by atoms with Gasteiger partial charge < -0.3 is 9.67 Å². The molecule has 2 bridgehead atoms. The molecule has 3 aliphatic rings. The van der Waals surface area contributed by atoms with Crippen molar-refractivity contribution in [1.82, 2.24) is 4.57 Å². The van der Waals surface area contributed by atoms with Gasteiger partial charge in [0.2, 0.25) is 0 Å². The molecule has 0 spiro atoms.